The minimum atomic E-state index is -3.63. The zero-order valence-corrected chi connectivity index (χ0v) is 17.2. The van der Waals surface area contributed by atoms with Crippen LogP contribution in [0, 0.1) is 0 Å². The van der Waals surface area contributed by atoms with Crippen LogP contribution in [0.4, 0.5) is 0 Å². The Balaban J connectivity index is 1.41. The number of piperazine rings is 1. The molecule has 0 radical (unpaired) electrons. The standard InChI is InChI=1S/C18H22ClN3O3S2/c19-15-3-5-17(6-4-15)27(24,25)20-8-7-18(23)22-11-9-21(10-12-22)14-16-2-1-13-26-16/h1-6,13,20H,7-12,14H2. The van der Waals surface area contributed by atoms with E-state index in [0.717, 1.165) is 19.6 Å². The summed E-state index contributed by atoms with van der Waals surface area (Å²) in [5.74, 6) is -0.0235. The average Bonchev–Trinajstić information content (AvgIpc) is 3.15. The van der Waals surface area contributed by atoms with Gasteiger partial charge < -0.3 is 4.90 Å². The average molecular weight is 428 g/mol. The fraction of sp³-hybridized carbons (Fsp3) is 0.389. The summed E-state index contributed by atoms with van der Waals surface area (Å²) in [6, 6.07) is 10.1. The van der Waals surface area contributed by atoms with Crippen LogP contribution in [0.25, 0.3) is 0 Å². The lowest BCUT2D eigenvalue weighted by Crippen LogP contribution is -2.48. The molecular weight excluding hydrogens is 406 g/mol. The van der Waals surface area contributed by atoms with Crippen LogP contribution < -0.4 is 4.72 Å². The molecule has 0 saturated carbocycles. The van der Waals surface area contributed by atoms with E-state index in [-0.39, 0.29) is 23.8 Å². The number of carbonyl (C=O) groups excluding carboxylic acids is 1. The molecule has 0 aliphatic carbocycles. The predicted octanol–water partition coefficient (Wildman–Crippen LogP) is 2.41. The number of hydrogen-bond donors (Lipinski definition) is 1. The Kier molecular flexibility index (Phi) is 6.88. The molecule has 9 heteroatoms. The monoisotopic (exact) mass is 427 g/mol. The van der Waals surface area contributed by atoms with Crippen LogP contribution in [0.5, 0.6) is 0 Å². The van der Waals surface area contributed by atoms with Crippen LogP contribution in [0.3, 0.4) is 0 Å². The topological polar surface area (TPSA) is 69.7 Å². The maximum atomic E-state index is 12.3. The zero-order valence-electron chi connectivity index (χ0n) is 14.8. The molecule has 146 valence electrons. The molecule has 3 rings (SSSR count). The minimum absolute atomic E-state index is 0.0235. The van der Waals surface area contributed by atoms with Crippen molar-refractivity contribution in [2.75, 3.05) is 32.7 Å². The molecule has 2 aromatic rings. The quantitative estimate of drug-likeness (QED) is 0.736. The van der Waals surface area contributed by atoms with E-state index in [0.29, 0.717) is 18.1 Å². The van der Waals surface area contributed by atoms with Gasteiger partial charge in [-0.05, 0) is 35.7 Å². The molecule has 0 spiro atoms. The van der Waals surface area contributed by atoms with Gasteiger partial charge in [-0.3, -0.25) is 9.69 Å². The summed E-state index contributed by atoms with van der Waals surface area (Å²) in [5.41, 5.74) is 0. The highest BCUT2D eigenvalue weighted by molar-refractivity contribution is 7.89. The largest absolute Gasteiger partial charge is 0.340 e. The van der Waals surface area contributed by atoms with E-state index in [9.17, 15) is 13.2 Å². The van der Waals surface area contributed by atoms with Gasteiger partial charge in [0.1, 0.15) is 0 Å². The number of halogens is 1. The van der Waals surface area contributed by atoms with Crippen molar-refractivity contribution in [3.63, 3.8) is 0 Å². The first-order valence-corrected chi connectivity index (χ1v) is 11.5. The van der Waals surface area contributed by atoms with Gasteiger partial charge in [-0.25, -0.2) is 13.1 Å². The van der Waals surface area contributed by atoms with Gasteiger partial charge in [-0.1, -0.05) is 17.7 Å². The second-order valence-corrected chi connectivity index (χ2v) is 9.57. The highest BCUT2D eigenvalue weighted by atomic mass is 35.5. The lowest BCUT2D eigenvalue weighted by molar-refractivity contribution is -0.132. The third-order valence-electron chi connectivity index (χ3n) is 4.44. The third-order valence-corrected chi connectivity index (χ3v) is 7.03. The van der Waals surface area contributed by atoms with Crippen molar-refractivity contribution in [2.45, 2.75) is 17.9 Å². The fourth-order valence-electron chi connectivity index (χ4n) is 2.93. The van der Waals surface area contributed by atoms with Crippen LogP contribution >= 0.6 is 22.9 Å². The molecule has 1 aliphatic rings. The first-order valence-electron chi connectivity index (χ1n) is 8.72. The number of hydrogen-bond acceptors (Lipinski definition) is 5. The van der Waals surface area contributed by atoms with E-state index in [2.05, 4.69) is 21.1 Å². The Hall–Kier alpha value is -1.45. The van der Waals surface area contributed by atoms with Crippen LogP contribution in [-0.2, 0) is 21.4 Å². The van der Waals surface area contributed by atoms with Crippen molar-refractivity contribution >= 4 is 38.9 Å². The summed E-state index contributed by atoms with van der Waals surface area (Å²) in [5, 5.41) is 2.54. The number of thiophene rings is 1. The molecule has 1 saturated heterocycles. The molecule has 1 amide bonds. The lowest BCUT2D eigenvalue weighted by atomic mass is 10.2. The molecule has 1 aromatic carbocycles. The maximum Gasteiger partial charge on any atom is 0.240 e. The first-order chi connectivity index (χ1) is 12.9. The van der Waals surface area contributed by atoms with Crippen molar-refractivity contribution in [1.29, 1.82) is 0 Å². The molecule has 0 unspecified atom stereocenters. The summed E-state index contributed by atoms with van der Waals surface area (Å²) in [7, 11) is -3.63. The van der Waals surface area contributed by atoms with E-state index in [1.165, 1.54) is 29.1 Å². The number of nitrogens with zero attached hydrogens (tertiary/aromatic N) is 2. The first kappa shape index (κ1) is 20.3. The highest BCUT2D eigenvalue weighted by Gasteiger charge is 2.22. The summed E-state index contributed by atoms with van der Waals surface area (Å²) in [6.07, 6.45) is 0.151. The van der Waals surface area contributed by atoms with Gasteiger partial charge in [0.2, 0.25) is 15.9 Å². The Labute approximate surface area is 168 Å². The number of rotatable bonds is 7. The Morgan fingerprint density at radius 1 is 1.11 bits per heavy atom. The van der Waals surface area contributed by atoms with Gasteiger partial charge in [0.25, 0.3) is 0 Å². The summed E-state index contributed by atoms with van der Waals surface area (Å²) < 4.78 is 26.9. The smallest absolute Gasteiger partial charge is 0.240 e. The molecule has 1 aliphatic heterocycles. The molecule has 1 N–H and O–H groups in total. The summed E-state index contributed by atoms with van der Waals surface area (Å²) in [4.78, 5) is 18.0. The van der Waals surface area contributed by atoms with Gasteiger partial charge in [0.15, 0.2) is 0 Å². The Morgan fingerprint density at radius 2 is 1.81 bits per heavy atom. The predicted molar refractivity (Wildman–Crippen MR) is 107 cm³/mol. The molecule has 0 atom stereocenters. The molecule has 1 aromatic heterocycles. The number of carbonyl (C=O) groups is 1. The van der Waals surface area contributed by atoms with Crippen LogP contribution in [0.1, 0.15) is 11.3 Å². The molecule has 6 nitrogen and oxygen atoms in total. The zero-order chi connectivity index (χ0) is 19.3. The Morgan fingerprint density at radius 3 is 2.44 bits per heavy atom. The molecule has 27 heavy (non-hydrogen) atoms. The van der Waals surface area contributed by atoms with Gasteiger partial charge in [-0.2, -0.15) is 0 Å². The molecule has 2 heterocycles. The summed E-state index contributed by atoms with van der Waals surface area (Å²) in [6.45, 7) is 4.02. The van der Waals surface area contributed by atoms with E-state index in [1.807, 2.05) is 11.0 Å². The van der Waals surface area contributed by atoms with Crippen LogP contribution in [0.15, 0.2) is 46.7 Å². The van der Waals surface area contributed by atoms with Crippen molar-refractivity contribution < 1.29 is 13.2 Å². The van der Waals surface area contributed by atoms with Crippen molar-refractivity contribution in [2.24, 2.45) is 0 Å². The van der Waals surface area contributed by atoms with E-state index in [1.54, 1.807) is 11.3 Å². The SMILES string of the molecule is O=C(CCNS(=O)(=O)c1ccc(Cl)cc1)N1CCN(Cc2cccs2)CC1. The normalized spacial score (nSPS) is 15.8. The Bertz CT molecular complexity index is 846. The van der Waals surface area contributed by atoms with Crippen molar-refractivity contribution in [3.8, 4) is 0 Å². The van der Waals surface area contributed by atoms with Crippen molar-refractivity contribution in [3.05, 3.63) is 51.7 Å². The van der Waals surface area contributed by atoms with Gasteiger partial charge in [-0.15, -0.1) is 11.3 Å². The van der Waals surface area contributed by atoms with Crippen LogP contribution in [-0.4, -0.2) is 56.8 Å². The second-order valence-electron chi connectivity index (χ2n) is 6.34. The molecular formula is C18H22ClN3O3S2. The van der Waals surface area contributed by atoms with E-state index >= 15 is 0 Å². The lowest BCUT2D eigenvalue weighted by Gasteiger charge is -2.34. The highest BCUT2D eigenvalue weighted by Crippen LogP contribution is 2.15. The summed E-state index contributed by atoms with van der Waals surface area (Å²) >= 11 is 7.52. The molecule has 1 fully saturated rings. The van der Waals surface area contributed by atoms with E-state index < -0.39 is 10.0 Å². The number of nitrogens with one attached hydrogen (secondary N) is 1. The van der Waals surface area contributed by atoms with Crippen LogP contribution in [0.2, 0.25) is 5.02 Å². The molecule has 0 bridgehead atoms. The number of benzene rings is 1. The van der Waals surface area contributed by atoms with Gasteiger partial charge in [0.05, 0.1) is 4.90 Å². The van der Waals surface area contributed by atoms with Gasteiger partial charge >= 0.3 is 0 Å². The number of amides is 1. The second kappa shape index (κ2) is 9.16. The van der Waals surface area contributed by atoms with Crippen molar-refractivity contribution in [1.82, 2.24) is 14.5 Å². The van der Waals surface area contributed by atoms with Gasteiger partial charge in [0, 0.05) is 55.6 Å². The van der Waals surface area contributed by atoms with E-state index in [4.69, 9.17) is 11.6 Å². The number of sulfonamides is 1. The maximum absolute atomic E-state index is 12.3. The fourth-order valence-corrected chi connectivity index (χ4v) is 4.83. The minimum Gasteiger partial charge on any atom is -0.340 e. The third kappa shape index (κ3) is 5.76.